The van der Waals surface area contributed by atoms with Gasteiger partial charge in [0.2, 0.25) is 0 Å². The van der Waals surface area contributed by atoms with Crippen molar-refractivity contribution >= 4 is 22.9 Å². The summed E-state index contributed by atoms with van der Waals surface area (Å²) in [6.45, 7) is 2.88. The van der Waals surface area contributed by atoms with Crippen molar-refractivity contribution in [3.05, 3.63) is 52.2 Å². The summed E-state index contributed by atoms with van der Waals surface area (Å²) in [6.07, 6.45) is 2.26. The molecular weight excluding hydrogens is 372 g/mol. The zero-order valence-electron chi connectivity index (χ0n) is 15.2. The van der Waals surface area contributed by atoms with Crippen LogP contribution < -0.4 is 4.90 Å². The first-order chi connectivity index (χ1) is 13.0. The van der Waals surface area contributed by atoms with Crippen LogP contribution in [0.25, 0.3) is 0 Å². The Morgan fingerprint density at radius 3 is 2.89 bits per heavy atom. The Kier molecular flexibility index (Phi) is 6.93. The molecule has 1 amide bonds. The van der Waals surface area contributed by atoms with Crippen LogP contribution in [0.2, 0.25) is 0 Å². The summed E-state index contributed by atoms with van der Waals surface area (Å²) in [6, 6.07) is 6.95. The summed E-state index contributed by atoms with van der Waals surface area (Å²) in [5.41, 5.74) is 0.0409. The van der Waals surface area contributed by atoms with Gasteiger partial charge in [-0.2, -0.15) is 0 Å². The molecule has 0 radical (unpaired) electrons. The van der Waals surface area contributed by atoms with Crippen molar-refractivity contribution in [3.63, 3.8) is 0 Å². The van der Waals surface area contributed by atoms with Gasteiger partial charge in [0.15, 0.2) is 0 Å². The van der Waals surface area contributed by atoms with Gasteiger partial charge in [-0.3, -0.25) is 4.79 Å². The number of thiophene rings is 1. The number of anilines is 1. The number of nitrogens with zero attached hydrogens (tertiary/aromatic N) is 1. The standard InChI is InChI=1S/C20H23F2NO3S/c1-14(26-13-16-5-2-3-9-25-16)20(24)23(12-17-6-4-10-27-17)19-8-7-15(21)11-18(19)22/h4,6-8,10-11,14,16H,2-3,5,9,12-13H2,1H3. The van der Waals surface area contributed by atoms with Crippen LogP contribution in [0.15, 0.2) is 35.7 Å². The van der Waals surface area contributed by atoms with E-state index in [2.05, 4.69) is 0 Å². The fourth-order valence-electron chi connectivity index (χ4n) is 3.02. The average molecular weight is 395 g/mol. The van der Waals surface area contributed by atoms with Crippen LogP contribution in [0.5, 0.6) is 0 Å². The fourth-order valence-corrected chi connectivity index (χ4v) is 3.71. The molecule has 1 fully saturated rings. The second kappa shape index (κ2) is 9.39. The van der Waals surface area contributed by atoms with Crippen LogP contribution in [0, 0.1) is 11.6 Å². The maximum atomic E-state index is 14.3. The van der Waals surface area contributed by atoms with Crippen molar-refractivity contribution in [3.8, 4) is 0 Å². The lowest BCUT2D eigenvalue weighted by atomic mass is 10.1. The van der Waals surface area contributed by atoms with Crippen LogP contribution in [0.1, 0.15) is 31.1 Å². The average Bonchev–Trinajstić information content (AvgIpc) is 3.18. The maximum absolute atomic E-state index is 14.3. The zero-order valence-corrected chi connectivity index (χ0v) is 16.0. The third-order valence-electron chi connectivity index (χ3n) is 4.51. The predicted octanol–water partition coefficient (Wildman–Crippen LogP) is 4.53. The topological polar surface area (TPSA) is 38.8 Å². The molecule has 2 heterocycles. The highest BCUT2D eigenvalue weighted by atomic mass is 32.1. The molecule has 1 saturated heterocycles. The van der Waals surface area contributed by atoms with Gasteiger partial charge in [0.25, 0.3) is 5.91 Å². The zero-order chi connectivity index (χ0) is 19.2. The molecule has 146 valence electrons. The molecule has 2 aromatic rings. The van der Waals surface area contributed by atoms with Crippen molar-refractivity contribution in [2.24, 2.45) is 0 Å². The molecule has 7 heteroatoms. The summed E-state index contributed by atoms with van der Waals surface area (Å²) in [4.78, 5) is 15.2. The van der Waals surface area contributed by atoms with E-state index in [1.165, 1.54) is 22.3 Å². The fraction of sp³-hybridized carbons (Fsp3) is 0.450. The van der Waals surface area contributed by atoms with Gasteiger partial charge in [-0.1, -0.05) is 6.07 Å². The number of carbonyl (C=O) groups is 1. The molecule has 0 N–H and O–H groups in total. The van der Waals surface area contributed by atoms with Gasteiger partial charge in [-0.25, -0.2) is 8.78 Å². The van der Waals surface area contributed by atoms with E-state index in [0.717, 1.165) is 36.3 Å². The number of hydrogen-bond acceptors (Lipinski definition) is 4. The third kappa shape index (κ3) is 5.34. The predicted molar refractivity (Wildman–Crippen MR) is 101 cm³/mol. The smallest absolute Gasteiger partial charge is 0.256 e. The van der Waals surface area contributed by atoms with Crippen molar-refractivity contribution < 1.29 is 23.0 Å². The molecule has 0 spiro atoms. The largest absolute Gasteiger partial charge is 0.376 e. The summed E-state index contributed by atoms with van der Waals surface area (Å²) < 4.78 is 39.0. The van der Waals surface area contributed by atoms with E-state index in [1.54, 1.807) is 6.92 Å². The second-order valence-electron chi connectivity index (χ2n) is 6.56. The van der Waals surface area contributed by atoms with Crippen LogP contribution in [0.4, 0.5) is 14.5 Å². The number of ether oxygens (including phenoxy) is 2. The highest BCUT2D eigenvalue weighted by Crippen LogP contribution is 2.25. The van der Waals surface area contributed by atoms with Crippen LogP contribution >= 0.6 is 11.3 Å². The molecule has 0 saturated carbocycles. The van der Waals surface area contributed by atoms with Crippen molar-refractivity contribution in [1.29, 1.82) is 0 Å². The van der Waals surface area contributed by atoms with E-state index < -0.39 is 17.7 Å². The molecular formula is C20H23F2NO3S. The second-order valence-corrected chi connectivity index (χ2v) is 7.60. The Labute approximate surface area is 161 Å². The third-order valence-corrected chi connectivity index (χ3v) is 5.38. The Balaban J connectivity index is 1.73. The maximum Gasteiger partial charge on any atom is 0.256 e. The molecule has 27 heavy (non-hydrogen) atoms. The Morgan fingerprint density at radius 1 is 1.37 bits per heavy atom. The Hall–Kier alpha value is -1.83. The number of rotatable bonds is 7. The molecule has 0 aliphatic carbocycles. The molecule has 1 aliphatic rings. The van der Waals surface area contributed by atoms with E-state index >= 15 is 0 Å². The first-order valence-corrected chi connectivity index (χ1v) is 9.94. The lowest BCUT2D eigenvalue weighted by molar-refractivity contribution is -0.133. The summed E-state index contributed by atoms with van der Waals surface area (Å²) in [5, 5.41) is 1.89. The monoisotopic (exact) mass is 395 g/mol. The number of carbonyl (C=O) groups excluding carboxylic acids is 1. The van der Waals surface area contributed by atoms with Gasteiger partial charge in [0, 0.05) is 17.6 Å². The minimum atomic E-state index is -0.775. The Morgan fingerprint density at radius 2 is 2.22 bits per heavy atom. The summed E-state index contributed by atoms with van der Waals surface area (Å²) >= 11 is 1.47. The van der Waals surface area contributed by atoms with Crippen molar-refractivity contribution in [2.45, 2.75) is 44.9 Å². The van der Waals surface area contributed by atoms with Crippen LogP contribution in [-0.4, -0.2) is 31.3 Å². The SMILES string of the molecule is CC(OCC1CCCCO1)C(=O)N(Cc1cccs1)c1ccc(F)cc1F. The molecule has 4 nitrogen and oxygen atoms in total. The molecule has 1 aromatic heterocycles. The van der Waals surface area contributed by atoms with E-state index in [9.17, 15) is 13.6 Å². The van der Waals surface area contributed by atoms with E-state index in [4.69, 9.17) is 9.47 Å². The van der Waals surface area contributed by atoms with Gasteiger partial charge in [0.1, 0.15) is 17.7 Å². The van der Waals surface area contributed by atoms with Crippen molar-refractivity contribution in [2.75, 3.05) is 18.1 Å². The minimum absolute atomic E-state index is 0.0118. The number of amides is 1. The summed E-state index contributed by atoms with van der Waals surface area (Å²) in [7, 11) is 0. The minimum Gasteiger partial charge on any atom is -0.376 e. The van der Waals surface area contributed by atoms with Gasteiger partial charge in [-0.15, -0.1) is 11.3 Å². The molecule has 3 rings (SSSR count). The van der Waals surface area contributed by atoms with Gasteiger partial charge < -0.3 is 14.4 Å². The molecule has 0 bridgehead atoms. The van der Waals surface area contributed by atoms with Gasteiger partial charge >= 0.3 is 0 Å². The Bertz CT molecular complexity index is 748. The first-order valence-electron chi connectivity index (χ1n) is 9.06. The van der Waals surface area contributed by atoms with E-state index in [1.807, 2.05) is 17.5 Å². The lowest BCUT2D eigenvalue weighted by Gasteiger charge is -2.28. The van der Waals surface area contributed by atoms with E-state index in [-0.39, 0.29) is 24.2 Å². The van der Waals surface area contributed by atoms with Gasteiger partial charge in [-0.05, 0) is 49.8 Å². The molecule has 1 aromatic carbocycles. The first kappa shape index (κ1) is 19.9. The van der Waals surface area contributed by atoms with Crippen molar-refractivity contribution in [1.82, 2.24) is 0 Å². The molecule has 1 aliphatic heterocycles. The lowest BCUT2D eigenvalue weighted by Crippen LogP contribution is -2.40. The van der Waals surface area contributed by atoms with Crippen LogP contribution in [0.3, 0.4) is 0 Å². The molecule has 2 atom stereocenters. The number of hydrogen-bond donors (Lipinski definition) is 0. The normalized spacial score (nSPS) is 18.3. The summed E-state index contributed by atoms with van der Waals surface area (Å²) in [5.74, 6) is -1.83. The van der Waals surface area contributed by atoms with Crippen LogP contribution in [-0.2, 0) is 20.8 Å². The highest BCUT2D eigenvalue weighted by Gasteiger charge is 2.27. The highest BCUT2D eigenvalue weighted by molar-refractivity contribution is 7.09. The van der Waals surface area contributed by atoms with E-state index in [0.29, 0.717) is 13.2 Å². The number of halogens is 2. The quantitative estimate of drug-likeness (QED) is 0.691. The number of benzene rings is 1. The van der Waals surface area contributed by atoms with Gasteiger partial charge in [0.05, 0.1) is 24.9 Å². The molecule has 2 unspecified atom stereocenters.